The van der Waals surface area contributed by atoms with Gasteiger partial charge in [-0.25, -0.2) is 8.42 Å². The fourth-order valence-electron chi connectivity index (χ4n) is 2.07. The van der Waals surface area contributed by atoms with Gasteiger partial charge in [0.2, 0.25) is 10.0 Å². The van der Waals surface area contributed by atoms with Crippen molar-refractivity contribution >= 4 is 16.0 Å². The summed E-state index contributed by atoms with van der Waals surface area (Å²) in [5, 5.41) is 22.0. The van der Waals surface area contributed by atoms with Gasteiger partial charge in [0, 0.05) is 19.0 Å². The molecule has 0 spiro atoms. The molecule has 1 aromatic rings. The first-order valence-electron chi connectivity index (χ1n) is 5.62. The second kappa shape index (κ2) is 4.91. The van der Waals surface area contributed by atoms with Crippen molar-refractivity contribution < 1.29 is 27.9 Å². The standard InChI is InChI=1S/C10H14N2O6S/c1-6-2-7(11-18-6)5-19(16,17)12-4-8(13)3-9(12)10(14)15/h2,8-9,13H,3-5H2,1H3,(H,14,15)/t8-,9-/m0/s1. The number of nitrogens with zero attached hydrogens (tertiary/aromatic N) is 2. The Bertz CT molecular complexity index is 581. The lowest BCUT2D eigenvalue weighted by molar-refractivity contribution is -0.140. The number of sulfonamides is 1. The Kier molecular flexibility index (Phi) is 3.61. The highest BCUT2D eigenvalue weighted by Gasteiger charge is 2.43. The monoisotopic (exact) mass is 290 g/mol. The summed E-state index contributed by atoms with van der Waals surface area (Å²) in [5.41, 5.74) is 0.211. The second-order valence-corrected chi connectivity index (χ2v) is 6.42. The number of carbonyl (C=O) groups is 1. The first-order valence-corrected chi connectivity index (χ1v) is 7.23. The molecule has 1 fully saturated rings. The van der Waals surface area contributed by atoms with Gasteiger partial charge in [-0.1, -0.05) is 5.16 Å². The Morgan fingerprint density at radius 3 is 2.84 bits per heavy atom. The van der Waals surface area contributed by atoms with Crippen LogP contribution in [0.15, 0.2) is 10.6 Å². The van der Waals surface area contributed by atoms with Gasteiger partial charge in [0.25, 0.3) is 0 Å². The van der Waals surface area contributed by atoms with E-state index in [2.05, 4.69) is 5.16 Å². The highest BCUT2D eigenvalue weighted by atomic mass is 32.2. The van der Waals surface area contributed by atoms with Crippen LogP contribution in [0.4, 0.5) is 0 Å². The normalized spacial score (nSPS) is 24.7. The van der Waals surface area contributed by atoms with E-state index in [1.807, 2.05) is 0 Å². The Hall–Kier alpha value is -1.45. The zero-order valence-corrected chi connectivity index (χ0v) is 11.0. The molecule has 9 heteroatoms. The third-order valence-electron chi connectivity index (χ3n) is 2.88. The summed E-state index contributed by atoms with van der Waals surface area (Å²) >= 11 is 0. The van der Waals surface area contributed by atoms with Crippen LogP contribution < -0.4 is 0 Å². The van der Waals surface area contributed by atoms with Crippen LogP contribution in [0.1, 0.15) is 17.9 Å². The summed E-state index contributed by atoms with van der Waals surface area (Å²) < 4.78 is 29.9. The zero-order valence-electron chi connectivity index (χ0n) is 10.2. The molecule has 0 radical (unpaired) electrons. The molecule has 2 heterocycles. The molecule has 0 saturated carbocycles. The molecule has 0 unspecified atom stereocenters. The van der Waals surface area contributed by atoms with Crippen LogP contribution in [0.5, 0.6) is 0 Å². The number of aryl methyl sites for hydroxylation is 1. The predicted octanol–water partition coefficient (Wildman–Crippen LogP) is -0.667. The van der Waals surface area contributed by atoms with E-state index >= 15 is 0 Å². The zero-order chi connectivity index (χ0) is 14.2. The number of rotatable bonds is 4. The smallest absolute Gasteiger partial charge is 0.322 e. The summed E-state index contributed by atoms with van der Waals surface area (Å²) in [6.45, 7) is 1.42. The van der Waals surface area contributed by atoms with Gasteiger partial charge in [-0.2, -0.15) is 4.31 Å². The second-order valence-electron chi connectivity index (χ2n) is 4.50. The number of aliphatic hydroxyl groups is 1. The van der Waals surface area contributed by atoms with E-state index in [1.54, 1.807) is 6.92 Å². The van der Waals surface area contributed by atoms with E-state index in [9.17, 15) is 18.3 Å². The molecule has 2 N–H and O–H groups in total. The van der Waals surface area contributed by atoms with Crippen molar-refractivity contribution in [3.05, 3.63) is 17.5 Å². The lowest BCUT2D eigenvalue weighted by Crippen LogP contribution is -2.41. The van der Waals surface area contributed by atoms with E-state index in [0.717, 1.165) is 4.31 Å². The molecule has 1 aliphatic heterocycles. The van der Waals surface area contributed by atoms with Crippen LogP contribution in [-0.4, -0.2) is 52.8 Å². The van der Waals surface area contributed by atoms with Crippen molar-refractivity contribution in [3.63, 3.8) is 0 Å². The van der Waals surface area contributed by atoms with Crippen molar-refractivity contribution in [1.29, 1.82) is 0 Å². The summed E-state index contributed by atoms with van der Waals surface area (Å²) in [7, 11) is -3.86. The number of hydrogen-bond acceptors (Lipinski definition) is 6. The number of hydrogen-bond donors (Lipinski definition) is 2. The highest BCUT2D eigenvalue weighted by molar-refractivity contribution is 7.88. The third kappa shape index (κ3) is 2.94. The van der Waals surface area contributed by atoms with Crippen molar-refractivity contribution in [2.45, 2.75) is 31.2 Å². The molecule has 2 rings (SSSR count). The molecule has 2 atom stereocenters. The first kappa shape index (κ1) is 14.0. The topological polar surface area (TPSA) is 121 Å². The lowest BCUT2D eigenvalue weighted by Gasteiger charge is -2.19. The summed E-state index contributed by atoms with van der Waals surface area (Å²) in [5.74, 6) is -1.24. The average molecular weight is 290 g/mol. The minimum absolute atomic E-state index is 0.105. The third-order valence-corrected chi connectivity index (χ3v) is 4.66. The van der Waals surface area contributed by atoms with E-state index in [0.29, 0.717) is 5.76 Å². The first-order chi connectivity index (χ1) is 8.79. The average Bonchev–Trinajstić information content (AvgIpc) is 2.85. The van der Waals surface area contributed by atoms with Crippen molar-refractivity contribution in [3.8, 4) is 0 Å². The predicted molar refractivity (Wildman–Crippen MR) is 62.6 cm³/mol. The van der Waals surface area contributed by atoms with Crippen molar-refractivity contribution in [2.75, 3.05) is 6.54 Å². The van der Waals surface area contributed by atoms with Crippen LogP contribution in [0.25, 0.3) is 0 Å². The number of carboxylic acid groups (broad SMARTS) is 1. The number of carboxylic acids is 1. The number of aliphatic hydroxyl groups excluding tert-OH is 1. The van der Waals surface area contributed by atoms with E-state index in [4.69, 9.17) is 9.63 Å². The van der Waals surface area contributed by atoms with Crippen LogP contribution in [0.3, 0.4) is 0 Å². The lowest BCUT2D eigenvalue weighted by atomic mass is 10.2. The number of aliphatic carboxylic acids is 1. The Labute approximate surface area is 109 Å². The van der Waals surface area contributed by atoms with Crippen molar-refractivity contribution in [2.24, 2.45) is 0 Å². The Balaban J connectivity index is 2.21. The van der Waals surface area contributed by atoms with Gasteiger partial charge in [-0.05, 0) is 6.92 Å². The van der Waals surface area contributed by atoms with Gasteiger partial charge in [0.05, 0.1) is 6.10 Å². The number of β-amino-alcohol motifs (C(OH)–C–C–N with tert-alkyl or cyclic N) is 1. The summed E-state index contributed by atoms with van der Waals surface area (Å²) in [6.07, 6.45) is -1.07. The molecular weight excluding hydrogens is 276 g/mol. The van der Waals surface area contributed by atoms with Gasteiger partial charge in [0.1, 0.15) is 23.2 Å². The highest BCUT2D eigenvalue weighted by Crippen LogP contribution is 2.24. The van der Waals surface area contributed by atoms with Crippen LogP contribution in [0, 0.1) is 6.92 Å². The Morgan fingerprint density at radius 1 is 1.63 bits per heavy atom. The molecule has 1 saturated heterocycles. The van der Waals surface area contributed by atoms with E-state index in [1.165, 1.54) is 6.07 Å². The van der Waals surface area contributed by atoms with Gasteiger partial charge in [-0.15, -0.1) is 0 Å². The van der Waals surface area contributed by atoms with Crippen molar-refractivity contribution in [1.82, 2.24) is 9.46 Å². The van der Waals surface area contributed by atoms with E-state index in [-0.39, 0.29) is 18.7 Å². The SMILES string of the molecule is Cc1cc(CS(=O)(=O)N2C[C@@H](O)C[C@H]2C(=O)O)no1. The maximum absolute atomic E-state index is 12.1. The largest absolute Gasteiger partial charge is 0.480 e. The maximum Gasteiger partial charge on any atom is 0.322 e. The summed E-state index contributed by atoms with van der Waals surface area (Å²) in [4.78, 5) is 11.0. The fraction of sp³-hybridized carbons (Fsp3) is 0.600. The maximum atomic E-state index is 12.1. The van der Waals surface area contributed by atoms with E-state index < -0.39 is 33.9 Å². The molecule has 19 heavy (non-hydrogen) atoms. The van der Waals surface area contributed by atoms with Gasteiger partial charge in [0.15, 0.2) is 0 Å². The molecular formula is C10H14N2O6S. The van der Waals surface area contributed by atoms with Crippen LogP contribution in [-0.2, 0) is 20.6 Å². The number of aromatic nitrogens is 1. The molecule has 0 aliphatic carbocycles. The molecule has 0 amide bonds. The van der Waals surface area contributed by atoms with Gasteiger partial charge >= 0.3 is 5.97 Å². The minimum atomic E-state index is -3.86. The van der Waals surface area contributed by atoms with Gasteiger partial charge < -0.3 is 14.7 Å². The van der Waals surface area contributed by atoms with Crippen LogP contribution >= 0.6 is 0 Å². The quantitative estimate of drug-likeness (QED) is 0.754. The molecule has 0 bridgehead atoms. The molecule has 1 aromatic heterocycles. The Morgan fingerprint density at radius 2 is 2.32 bits per heavy atom. The minimum Gasteiger partial charge on any atom is -0.480 e. The van der Waals surface area contributed by atoms with Crippen LogP contribution in [0.2, 0.25) is 0 Å². The molecule has 0 aromatic carbocycles. The fourth-order valence-corrected chi connectivity index (χ4v) is 3.71. The summed E-state index contributed by atoms with van der Waals surface area (Å²) in [6, 6.07) is 0.243. The molecule has 8 nitrogen and oxygen atoms in total. The van der Waals surface area contributed by atoms with Gasteiger partial charge in [-0.3, -0.25) is 4.79 Å². The molecule has 106 valence electrons. The molecule has 1 aliphatic rings.